The van der Waals surface area contributed by atoms with Gasteiger partial charge in [-0.25, -0.2) is 18.6 Å². The van der Waals surface area contributed by atoms with Crippen molar-refractivity contribution < 1.29 is 23.1 Å². The third kappa shape index (κ3) is 6.02. The number of sulfonamides is 1. The number of nitrogens with one attached hydrogen (secondary N) is 1. The molecule has 0 bridgehead atoms. The van der Waals surface area contributed by atoms with E-state index in [0.29, 0.717) is 18.4 Å². The fraction of sp³-hybridized carbons (Fsp3) is 0.318. The second-order valence-corrected chi connectivity index (χ2v) is 10.3. The topological polar surface area (TPSA) is 116 Å². The Hall–Kier alpha value is -2.56. The standard InChI is InChI=1S/C22H24BrN3O5S/c23-17-10-12-19(13-11-17)32(30,31)26(18-7-2-1-3-8-18)15-21(27)25-24-14-16-6-4-5-9-20(16)22(28)29/h4-6,9-14,18H,1-3,7-8,15H2,(H,25,27)(H,28,29)/b24-14+. The van der Waals surface area contributed by atoms with Gasteiger partial charge in [0, 0.05) is 16.1 Å². The lowest BCUT2D eigenvalue weighted by Gasteiger charge is -2.32. The zero-order valence-electron chi connectivity index (χ0n) is 17.3. The van der Waals surface area contributed by atoms with Crippen LogP contribution in [0, 0.1) is 0 Å². The molecule has 1 amide bonds. The van der Waals surface area contributed by atoms with Crippen molar-refractivity contribution in [1.29, 1.82) is 0 Å². The quantitative estimate of drug-likeness (QED) is 0.406. The number of hydrogen-bond donors (Lipinski definition) is 2. The Bertz CT molecular complexity index is 1100. The molecule has 0 aliphatic heterocycles. The Balaban J connectivity index is 1.77. The van der Waals surface area contributed by atoms with Crippen molar-refractivity contribution in [2.45, 2.75) is 43.0 Å². The molecule has 2 aromatic carbocycles. The van der Waals surface area contributed by atoms with Crippen LogP contribution in [0.4, 0.5) is 0 Å². The molecule has 2 N–H and O–H groups in total. The Morgan fingerprint density at radius 2 is 1.75 bits per heavy atom. The molecule has 32 heavy (non-hydrogen) atoms. The summed E-state index contributed by atoms with van der Waals surface area (Å²) in [5, 5.41) is 13.1. The minimum absolute atomic E-state index is 0.0483. The summed E-state index contributed by atoms with van der Waals surface area (Å²) in [6.07, 6.45) is 5.47. The van der Waals surface area contributed by atoms with E-state index in [1.54, 1.807) is 30.3 Å². The van der Waals surface area contributed by atoms with Gasteiger partial charge in [0.2, 0.25) is 10.0 Å². The van der Waals surface area contributed by atoms with Crippen LogP contribution in [0.2, 0.25) is 0 Å². The summed E-state index contributed by atoms with van der Waals surface area (Å²) in [4.78, 5) is 24.0. The van der Waals surface area contributed by atoms with Crippen molar-refractivity contribution in [1.82, 2.24) is 9.73 Å². The maximum Gasteiger partial charge on any atom is 0.336 e. The molecule has 1 aliphatic carbocycles. The lowest BCUT2D eigenvalue weighted by Crippen LogP contribution is -2.46. The van der Waals surface area contributed by atoms with Gasteiger partial charge in [-0.3, -0.25) is 4.79 Å². The number of hydrazone groups is 1. The largest absolute Gasteiger partial charge is 0.478 e. The van der Waals surface area contributed by atoms with E-state index in [4.69, 9.17) is 0 Å². The number of benzene rings is 2. The number of halogens is 1. The molecule has 170 valence electrons. The van der Waals surface area contributed by atoms with E-state index >= 15 is 0 Å². The predicted octanol–water partition coefficient (Wildman–Crippen LogP) is 3.62. The highest BCUT2D eigenvalue weighted by atomic mass is 79.9. The number of aromatic carboxylic acids is 1. The molecule has 0 spiro atoms. The normalized spacial score (nSPS) is 15.2. The molecule has 1 saturated carbocycles. The van der Waals surface area contributed by atoms with Gasteiger partial charge in [0.1, 0.15) is 0 Å². The van der Waals surface area contributed by atoms with Gasteiger partial charge in [-0.1, -0.05) is 53.4 Å². The number of rotatable bonds is 8. The first kappa shape index (κ1) is 24.1. The summed E-state index contributed by atoms with van der Waals surface area (Å²) in [6, 6.07) is 12.3. The first-order valence-corrected chi connectivity index (χ1v) is 12.4. The van der Waals surface area contributed by atoms with Gasteiger partial charge in [-0.05, 0) is 43.2 Å². The summed E-state index contributed by atoms with van der Waals surface area (Å²) < 4.78 is 28.7. The van der Waals surface area contributed by atoms with Crippen molar-refractivity contribution >= 4 is 44.0 Å². The van der Waals surface area contributed by atoms with Crippen LogP contribution in [0.3, 0.4) is 0 Å². The molecular formula is C22H24BrN3O5S. The minimum atomic E-state index is -3.89. The Morgan fingerprint density at radius 1 is 1.09 bits per heavy atom. The smallest absolute Gasteiger partial charge is 0.336 e. The third-order valence-corrected chi connectivity index (χ3v) is 7.73. The second kappa shape index (κ2) is 10.8. The first-order chi connectivity index (χ1) is 15.3. The summed E-state index contributed by atoms with van der Waals surface area (Å²) in [5.41, 5.74) is 2.70. The predicted molar refractivity (Wildman–Crippen MR) is 124 cm³/mol. The number of carbonyl (C=O) groups excluding carboxylic acids is 1. The van der Waals surface area contributed by atoms with Gasteiger partial charge in [-0.15, -0.1) is 0 Å². The van der Waals surface area contributed by atoms with E-state index in [1.807, 2.05) is 0 Å². The fourth-order valence-electron chi connectivity index (χ4n) is 3.68. The van der Waals surface area contributed by atoms with Crippen LogP contribution < -0.4 is 5.43 Å². The van der Waals surface area contributed by atoms with Crippen LogP contribution >= 0.6 is 15.9 Å². The van der Waals surface area contributed by atoms with Crippen LogP contribution in [0.5, 0.6) is 0 Å². The average molecular weight is 522 g/mol. The molecule has 0 unspecified atom stereocenters. The minimum Gasteiger partial charge on any atom is -0.478 e. The van der Waals surface area contributed by atoms with Crippen LogP contribution in [-0.2, 0) is 14.8 Å². The van der Waals surface area contributed by atoms with Gasteiger partial charge >= 0.3 is 5.97 Å². The highest BCUT2D eigenvalue weighted by molar-refractivity contribution is 9.10. The average Bonchev–Trinajstić information content (AvgIpc) is 2.78. The van der Waals surface area contributed by atoms with Crippen LogP contribution in [0.15, 0.2) is 63.0 Å². The van der Waals surface area contributed by atoms with E-state index in [1.165, 1.54) is 28.7 Å². The van der Waals surface area contributed by atoms with Crippen LogP contribution in [-0.4, -0.2) is 48.5 Å². The highest BCUT2D eigenvalue weighted by Crippen LogP contribution is 2.28. The van der Waals surface area contributed by atoms with Gasteiger partial charge in [0.05, 0.1) is 23.2 Å². The number of hydrogen-bond acceptors (Lipinski definition) is 5. The maximum absolute atomic E-state index is 13.3. The zero-order chi connectivity index (χ0) is 23.1. The Morgan fingerprint density at radius 3 is 2.41 bits per heavy atom. The monoisotopic (exact) mass is 521 g/mol. The number of carbonyl (C=O) groups is 2. The molecule has 0 atom stereocenters. The van der Waals surface area contributed by atoms with Crippen LogP contribution in [0.25, 0.3) is 0 Å². The van der Waals surface area contributed by atoms with Gasteiger partial charge < -0.3 is 5.11 Å². The molecule has 3 rings (SSSR count). The molecule has 10 heteroatoms. The molecular weight excluding hydrogens is 498 g/mol. The van der Waals surface area contributed by atoms with Crippen molar-refractivity contribution in [2.75, 3.05) is 6.54 Å². The Labute approximate surface area is 195 Å². The number of amides is 1. The van der Waals surface area contributed by atoms with Gasteiger partial charge in [0.25, 0.3) is 5.91 Å². The first-order valence-electron chi connectivity index (χ1n) is 10.2. The van der Waals surface area contributed by atoms with Gasteiger partial charge in [-0.2, -0.15) is 9.41 Å². The maximum atomic E-state index is 13.3. The molecule has 1 aliphatic rings. The number of nitrogens with zero attached hydrogens (tertiary/aromatic N) is 2. The lowest BCUT2D eigenvalue weighted by molar-refractivity contribution is -0.121. The summed E-state index contributed by atoms with van der Waals surface area (Å²) in [5.74, 6) is -1.71. The van der Waals surface area contributed by atoms with E-state index < -0.39 is 21.9 Å². The molecule has 8 nitrogen and oxygen atoms in total. The number of carboxylic acids is 1. The van der Waals surface area contributed by atoms with Crippen molar-refractivity contribution in [3.05, 3.63) is 64.1 Å². The van der Waals surface area contributed by atoms with E-state index in [-0.39, 0.29) is 23.0 Å². The lowest BCUT2D eigenvalue weighted by atomic mass is 9.95. The molecule has 0 saturated heterocycles. The zero-order valence-corrected chi connectivity index (χ0v) is 19.7. The summed E-state index contributed by atoms with van der Waals surface area (Å²) in [6.45, 7) is -0.374. The highest BCUT2D eigenvalue weighted by Gasteiger charge is 2.33. The molecule has 1 fully saturated rings. The fourth-order valence-corrected chi connectivity index (χ4v) is 5.58. The van der Waals surface area contributed by atoms with Gasteiger partial charge in [0.15, 0.2) is 0 Å². The summed E-state index contributed by atoms with van der Waals surface area (Å²) in [7, 11) is -3.89. The molecule has 0 aromatic heterocycles. The third-order valence-electron chi connectivity index (χ3n) is 5.29. The van der Waals surface area contributed by atoms with Crippen molar-refractivity contribution in [3.8, 4) is 0 Å². The van der Waals surface area contributed by atoms with Crippen LogP contribution in [0.1, 0.15) is 48.0 Å². The number of carboxylic acid groups (broad SMARTS) is 1. The SMILES string of the molecule is O=C(CN(C1CCCCC1)S(=O)(=O)c1ccc(Br)cc1)N/N=C/c1ccccc1C(=O)O. The van der Waals surface area contributed by atoms with E-state index in [2.05, 4.69) is 26.5 Å². The van der Waals surface area contributed by atoms with E-state index in [0.717, 1.165) is 23.7 Å². The van der Waals surface area contributed by atoms with Crippen molar-refractivity contribution in [3.63, 3.8) is 0 Å². The molecule has 2 aromatic rings. The van der Waals surface area contributed by atoms with E-state index in [9.17, 15) is 23.1 Å². The molecule has 0 heterocycles. The summed E-state index contributed by atoms with van der Waals surface area (Å²) >= 11 is 3.30. The molecule has 0 radical (unpaired) electrons. The second-order valence-electron chi connectivity index (χ2n) is 7.48. The Kier molecular flexibility index (Phi) is 8.16. The van der Waals surface area contributed by atoms with Crippen molar-refractivity contribution in [2.24, 2.45) is 5.10 Å².